The van der Waals surface area contributed by atoms with Crippen molar-refractivity contribution in [2.24, 2.45) is 5.73 Å². The minimum Gasteiger partial charge on any atom is -0.493 e. The summed E-state index contributed by atoms with van der Waals surface area (Å²) in [7, 11) is 1.66. The number of rotatable bonds is 10. The maximum atomic E-state index is 5.84. The van der Waals surface area contributed by atoms with Crippen molar-refractivity contribution >= 4 is 15.9 Å². The molecule has 0 aromatic heterocycles. The van der Waals surface area contributed by atoms with Crippen LogP contribution in [0.4, 0.5) is 0 Å². The lowest BCUT2D eigenvalue weighted by Crippen LogP contribution is -2.05. The SMILES string of the molecule is C=CCCCCCOc1c(Br)cc(CCN)cc1OC. The predicted octanol–water partition coefficient (Wildman–Crippen LogP) is 4.08. The Hall–Kier alpha value is -1.00. The summed E-state index contributed by atoms with van der Waals surface area (Å²) < 4.78 is 12.2. The second-order valence-corrected chi connectivity index (χ2v) is 5.49. The number of allylic oxidation sites excluding steroid dienone is 1. The van der Waals surface area contributed by atoms with Gasteiger partial charge in [-0.15, -0.1) is 6.58 Å². The molecule has 0 amide bonds. The molecule has 0 fully saturated rings. The predicted molar refractivity (Wildman–Crippen MR) is 87.6 cm³/mol. The Morgan fingerprint density at radius 2 is 2.10 bits per heavy atom. The number of methoxy groups -OCH3 is 1. The molecule has 0 atom stereocenters. The number of ether oxygens (including phenoxy) is 2. The number of nitrogens with two attached hydrogens (primary N) is 1. The lowest BCUT2D eigenvalue weighted by atomic mass is 10.1. The lowest BCUT2D eigenvalue weighted by molar-refractivity contribution is 0.283. The lowest BCUT2D eigenvalue weighted by Gasteiger charge is -2.14. The van der Waals surface area contributed by atoms with Gasteiger partial charge >= 0.3 is 0 Å². The standard InChI is InChI=1S/C16H24BrNO2/c1-3-4-5-6-7-10-20-16-14(17)11-13(8-9-18)12-15(16)19-2/h3,11-12H,1,4-10,18H2,2H3. The molecule has 0 heterocycles. The molecule has 1 aromatic carbocycles. The van der Waals surface area contributed by atoms with Gasteiger partial charge in [0.1, 0.15) is 0 Å². The highest BCUT2D eigenvalue weighted by molar-refractivity contribution is 9.10. The molecule has 0 bridgehead atoms. The quantitative estimate of drug-likeness (QED) is 0.515. The molecule has 0 radical (unpaired) electrons. The van der Waals surface area contributed by atoms with E-state index in [0.717, 1.165) is 47.2 Å². The van der Waals surface area contributed by atoms with Crippen LogP contribution in [0, 0.1) is 0 Å². The number of benzene rings is 1. The maximum absolute atomic E-state index is 5.84. The average Bonchev–Trinajstić information content (AvgIpc) is 2.44. The Kier molecular flexibility index (Phi) is 8.38. The van der Waals surface area contributed by atoms with Crippen molar-refractivity contribution in [2.75, 3.05) is 20.3 Å². The summed E-state index contributed by atoms with van der Waals surface area (Å²) >= 11 is 3.54. The largest absolute Gasteiger partial charge is 0.493 e. The smallest absolute Gasteiger partial charge is 0.175 e. The molecule has 4 heteroatoms. The Labute approximate surface area is 130 Å². The Morgan fingerprint density at radius 1 is 1.30 bits per heavy atom. The third-order valence-electron chi connectivity index (χ3n) is 3.02. The molecule has 0 saturated carbocycles. The van der Waals surface area contributed by atoms with E-state index in [4.69, 9.17) is 15.2 Å². The van der Waals surface area contributed by atoms with Gasteiger partial charge in [0.05, 0.1) is 18.2 Å². The first kappa shape index (κ1) is 17.1. The van der Waals surface area contributed by atoms with Gasteiger partial charge in [0, 0.05) is 0 Å². The summed E-state index contributed by atoms with van der Waals surface area (Å²) in [6.07, 6.45) is 7.21. The second-order valence-electron chi connectivity index (χ2n) is 4.63. The van der Waals surface area contributed by atoms with E-state index in [1.807, 2.05) is 18.2 Å². The molecule has 0 spiro atoms. The first-order chi connectivity index (χ1) is 9.72. The first-order valence-corrected chi connectivity index (χ1v) is 7.82. The van der Waals surface area contributed by atoms with Crippen molar-refractivity contribution in [3.8, 4) is 11.5 Å². The van der Waals surface area contributed by atoms with Crippen LogP contribution in [0.1, 0.15) is 31.2 Å². The molecule has 1 rings (SSSR count). The van der Waals surface area contributed by atoms with Crippen molar-refractivity contribution < 1.29 is 9.47 Å². The Morgan fingerprint density at radius 3 is 2.75 bits per heavy atom. The van der Waals surface area contributed by atoms with Crippen LogP contribution in [0.2, 0.25) is 0 Å². The van der Waals surface area contributed by atoms with Crippen molar-refractivity contribution in [1.29, 1.82) is 0 Å². The minimum absolute atomic E-state index is 0.624. The summed E-state index contributed by atoms with van der Waals surface area (Å²) in [5, 5.41) is 0. The molecule has 0 saturated heterocycles. The number of hydrogen-bond acceptors (Lipinski definition) is 3. The monoisotopic (exact) mass is 341 g/mol. The average molecular weight is 342 g/mol. The third kappa shape index (κ3) is 5.55. The van der Waals surface area contributed by atoms with Crippen molar-refractivity contribution in [2.45, 2.75) is 32.1 Å². The van der Waals surface area contributed by atoms with Gasteiger partial charge in [-0.25, -0.2) is 0 Å². The van der Waals surface area contributed by atoms with Gasteiger partial charge in [0.2, 0.25) is 0 Å². The number of halogens is 1. The zero-order chi connectivity index (χ0) is 14.8. The van der Waals surface area contributed by atoms with Gasteiger partial charge in [-0.3, -0.25) is 0 Å². The molecule has 0 unspecified atom stereocenters. The molecule has 112 valence electrons. The van der Waals surface area contributed by atoms with Crippen LogP contribution in [-0.4, -0.2) is 20.3 Å². The Balaban J connectivity index is 2.57. The topological polar surface area (TPSA) is 44.5 Å². The molecule has 3 nitrogen and oxygen atoms in total. The van der Waals surface area contributed by atoms with Gasteiger partial charge < -0.3 is 15.2 Å². The van der Waals surface area contributed by atoms with Gasteiger partial charge in [-0.1, -0.05) is 6.08 Å². The van der Waals surface area contributed by atoms with Crippen LogP contribution in [-0.2, 0) is 6.42 Å². The molecular weight excluding hydrogens is 318 g/mol. The van der Waals surface area contributed by atoms with E-state index < -0.39 is 0 Å². The summed E-state index contributed by atoms with van der Waals surface area (Å²) in [6.45, 7) is 5.04. The van der Waals surface area contributed by atoms with Crippen molar-refractivity contribution in [1.82, 2.24) is 0 Å². The molecule has 0 aliphatic heterocycles. The number of unbranched alkanes of at least 4 members (excludes halogenated alkanes) is 3. The molecule has 2 N–H and O–H groups in total. The van der Waals surface area contributed by atoms with E-state index in [9.17, 15) is 0 Å². The summed E-state index contributed by atoms with van der Waals surface area (Å²) in [5.41, 5.74) is 6.73. The second kappa shape index (κ2) is 9.83. The molecule has 0 aliphatic carbocycles. The summed E-state index contributed by atoms with van der Waals surface area (Å²) in [6, 6.07) is 4.03. The van der Waals surface area contributed by atoms with E-state index in [-0.39, 0.29) is 0 Å². The van der Waals surface area contributed by atoms with E-state index in [1.165, 1.54) is 6.42 Å². The van der Waals surface area contributed by atoms with Crippen LogP contribution in [0.25, 0.3) is 0 Å². The van der Waals surface area contributed by atoms with Crippen LogP contribution >= 0.6 is 15.9 Å². The zero-order valence-electron chi connectivity index (χ0n) is 12.2. The number of hydrogen-bond donors (Lipinski definition) is 1. The van der Waals surface area contributed by atoms with Gasteiger partial charge in [0.25, 0.3) is 0 Å². The fourth-order valence-corrected chi connectivity index (χ4v) is 2.57. The van der Waals surface area contributed by atoms with E-state index in [1.54, 1.807) is 7.11 Å². The molecule has 20 heavy (non-hydrogen) atoms. The highest BCUT2D eigenvalue weighted by atomic mass is 79.9. The molecule has 1 aromatic rings. The summed E-state index contributed by atoms with van der Waals surface area (Å²) in [5.74, 6) is 1.53. The van der Waals surface area contributed by atoms with Crippen LogP contribution in [0.3, 0.4) is 0 Å². The molecular formula is C16H24BrNO2. The van der Waals surface area contributed by atoms with Gasteiger partial charge in [-0.05, 0) is 72.3 Å². The highest BCUT2D eigenvalue weighted by Crippen LogP contribution is 2.36. The van der Waals surface area contributed by atoms with Crippen LogP contribution < -0.4 is 15.2 Å². The summed E-state index contributed by atoms with van der Waals surface area (Å²) in [4.78, 5) is 0. The van der Waals surface area contributed by atoms with Crippen molar-refractivity contribution in [3.05, 3.63) is 34.8 Å². The van der Waals surface area contributed by atoms with E-state index in [2.05, 4.69) is 22.5 Å². The van der Waals surface area contributed by atoms with E-state index in [0.29, 0.717) is 13.2 Å². The van der Waals surface area contributed by atoms with Gasteiger partial charge in [0.15, 0.2) is 11.5 Å². The van der Waals surface area contributed by atoms with Crippen LogP contribution in [0.15, 0.2) is 29.3 Å². The maximum Gasteiger partial charge on any atom is 0.175 e. The zero-order valence-corrected chi connectivity index (χ0v) is 13.7. The Bertz CT molecular complexity index is 421. The first-order valence-electron chi connectivity index (χ1n) is 7.03. The minimum atomic E-state index is 0.624. The van der Waals surface area contributed by atoms with Gasteiger partial charge in [-0.2, -0.15) is 0 Å². The molecule has 0 aliphatic rings. The normalized spacial score (nSPS) is 10.3. The highest BCUT2D eigenvalue weighted by Gasteiger charge is 2.11. The van der Waals surface area contributed by atoms with Crippen molar-refractivity contribution in [3.63, 3.8) is 0 Å². The van der Waals surface area contributed by atoms with E-state index >= 15 is 0 Å². The van der Waals surface area contributed by atoms with Crippen LogP contribution in [0.5, 0.6) is 11.5 Å². The fraction of sp³-hybridized carbons (Fsp3) is 0.500. The fourth-order valence-electron chi connectivity index (χ4n) is 1.97. The third-order valence-corrected chi connectivity index (χ3v) is 3.61.